The van der Waals surface area contributed by atoms with Gasteiger partial charge in [-0.05, 0) is 75.5 Å². The fourth-order valence-electron chi connectivity index (χ4n) is 9.88. The van der Waals surface area contributed by atoms with E-state index in [0.29, 0.717) is 5.82 Å². The molecule has 0 radical (unpaired) electrons. The topological polar surface area (TPSA) is 35.6 Å². The number of rotatable bonds is 5. The molecule has 10 aromatic carbocycles. The van der Waals surface area contributed by atoms with Crippen LogP contribution in [0.4, 0.5) is 0 Å². The second-order valence-corrected chi connectivity index (χ2v) is 16.2. The molecule has 0 saturated carbocycles. The molecule has 4 heteroatoms. The number of hydrogen-bond acceptors (Lipinski definition) is 2. The van der Waals surface area contributed by atoms with Gasteiger partial charge in [-0.15, -0.1) is 0 Å². The summed E-state index contributed by atoms with van der Waals surface area (Å²) in [6.45, 7) is 0. The van der Waals surface area contributed by atoms with Gasteiger partial charge in [-0.2, -0.15) is 0 Å². The average Bonchev–Trinajstić information content (AvgIpc) is 3.85. The van der Waals surface area contributed by atoms with Crippen LogP contribution >= 0.6 is 0 Å². The predicted octanol–water partition coefficient (Wildman–Crippen LogP) is 15.1. The van der Waals surface area contributed by atoms with Crippen molar-refractivity contribution in [1.29, 1.82) is 0 Å². The third kappa shape index (κ3) is 5.27. The van der Waals surface area contributed by atoms with E-state index in [-0.39, 0.29) is 0 Å². The van der Waals surface area contributed by atoms with Crippen molar-refractivity contribution >= 4 is 75.9 Å². The highest BCUT2D eigenvalue weighted by atomic mass is 15.0. The van der Waals surface area contributed by atoms with Crippen molar-refractivity contribution in [3.05, 3.63) is 218 Å². The number of para-hydroxylation sites is 1. The first-order valence-electron chi connectivity index (χ1n) is 21.2. The largest absolute Gasteiger partial charge is 0.309 e. The van der Waals surface area contributed by atoms with Crippen molar-refractivity contribution < 1.29 is 0 Å². The van der Waals surface area contributed by atoms with E-state index in [4.69, 9.17) is 9.97 Å². The summed E-state index contributed by atoms with van der Waals surface area (Å²) in [5.74, 6) is 0.705. The maximum atomic E-state index is 5.20. The van der Waals surface area contributed by atoms with E-state index in [1.165, 1.54) is 65.3 Å². The van der Waals surface area contributed by atoms with Crippen molar-refractivity contribution in [3.63, 3.8) is 0 Å². The first kappa shape index (κ1) is 34.5. The van der Waals surface area contributed by atoms with Crippen LogP contribution < -0.4 is 0 Å². The molecular weight excluding hydrogens is 753 g/mol. The SMILES string of the molecule is c1ccc(-c2cc(-c3ccccc3)nc(-c3cccc4cc(-n5c6ccccc6c6cc7c8c9ccccc9ccc8n(-c8cccc9ccccc89)c7cc65)ccc34)n2)cc1. The van der Waals surface area contributed by atoms with E-state index in [0.717, 1.165) is 50.1 Å². The Hall–Kier alpha value is -8.34. The number of aromatic nitrogens is 4. The van der Waals surface area contributed by atoms with Gasteiger partial charge in [0, 0.05) is 49.3 Å². The normalized spacial score (nSPS) is 11.9. The molecule has 62 heavy (non-hydrogen) atoms. The molecule has 0 aliphatic rings. The second-order valence-electron chi connectivity index (χ2n) is 16.2. The molecule has 0 aliphatic carbocycles. The number of benzene rings is 10. The van der Waals surface area contributed by atoms with Crippen LogP contribution in [0.2, 0.25) is 0 Å². The van der Waals surface area contributed by atoms with E-state index >= 15 is 0 Å². The summed E-state index contributed by atoms with van der Waals surface area (Å²) >= 11 is 0. The minimum absolute atomic E-state index is 0.705. The molecular formula is C58H36N4. The van der Waals surface area contributed by atoms with Crippen LogP contribution in [0.25, 0.3) is 121 Å². The number of nitrogens with zero attached hydrogens (tertiary/aromatic N) is 4. The molecule has 0 N–H and O–H groups in total. The molecule has 0 saturated heterocycles. The predicted molar refractivity (Wildman–Crippen MR) is 260 cm³/mol. The van der Waals surface area contributed by atoms with Gasteiger partial charge in [0.15, 0.2) is 5.82 Å². The molecule has 13 aromatic rings. The Labute approximate surface area is 357 Å². The number of hydrogen-bond donors (Lipinski definition) is 0. The van der Waals surface area contributed by atoms with Crippen molar-refractivity contribution in [3.8, 4) is 45.3 Å². The van der Waals surface area contributed by atoms with Crippen LogP contribution in [0, 0.1) is 0 Å². The zero-order valence-electron chi connectivity index (χ0n) is 33.6. The van der Waals surface area contributed by atoms with Gasteiger partial charge in [-0.1, -0.05) is 170 Å². The Kier molecular flexibility index (Phi) is 7.57. The molecule has 0 atom stereocenters. The molecule has 0 aliphatic heterocycles. The van der Waals surface area contributed by atoms with E-state index in [2.05, 4.69) is 215 Å². The highest BCUT2D eigenvalue weighted by molar-refractivity contribution is 6.25. The summed E-state index contributed by atoms with van der Waals surface area (Å²) in [5.41, 5.74) is 11.9. The van der Waals surface area contributed by atoms with Crippen molar-refractivity contribution in [2.24, 2.45) is 0 Å². The smallest absolute Gasteiger partial charge is 0.161 e. The fraction of sp³-hybridized carbons (Fsp3) is 0. The Morgan fingerprint density at radius 1 is 0.306 bits per heavy atom. The lowest BCUT2D eigenvalue weighted by molar-refractivity contribution is 1.17. The molecule has 0 unspecified atom stereocenters. The highest BCUT2D eigenvalue weighted by Crippen LogP contribution is 2.43. The summed E-state index contributed by atoms with van der Waals surface area (Å²) < 4.78 is 4.93. The van der Waals surface area contributed by atoms with Crippen molar-refractivity contribution in [2.75, 3.05) is 0 Å². The second kappa shape index (κ2) is 13.6. The zero-order chi connectivity index (χ0) is 40.7. The van der Waals surface area contributed by atoms with Gasteiger partial charge in [-0.3, -0.25) is 0 Å². The van der Waals surface area contributed by atoms with E-state index < -0.39 is 0 Å². The first-order valence-corrected chi connectivity index (χ1v) is 21.2. The van der Waals surface area contributed by atoms with E-state index in [1.807, 2.05) is 12.1 Å². The molecule has 4 nitrogen and oxygen atoms in total. The van der Waals surface area contributed by atoms with E-state index in [1.54, 1.807) is 0 Å². The first-order chi connectivity index (χ1) is 30.7. The van der Waals surface area contributed by atoms with Gasteiger partial charge in [0.2, 0.25) is 0 Å². The number of fused-ring (bicyclic) bond motifs is 10. The molecule has 3 aromatic heterocycles. The average molecular weight is 789 g/mol. The lowest BCUT2D eigenvalue weighted by atomic mass is 10.0. The van der Waals surface area contributed by atoms with Gasteiger partial charge >= 0.3 is 0 Å². The highest BCUT2D eigenvalue weighted by Gasteiger charge is 2.21. The summed E-state index contributed by atoms with van der Waals surface area (Å²) in [6.07, 6.45) is 0. The Morgan fingerprint density at radius 3 is 1.69 bits per heavy atom. The summed E-state index contributed by atoms with van der Waals surface area (Å²) in [7, 11) is 0. The van der Waals surface area contributed by atoms with E-state index in [9.17, 15) is 0 Å². The zero-order valence-corrected chi connectivity index (χ0v) is 33.6. The lowest BCUT2D eigenvalue weighted by Gasteiger charge is -2.14. The third-order valence-electron chi connectivity index (χ3n) is 12.7. The monoisotopic (exact) mass is 788 g/mol. The molecule has 13 rings (SSSR count). The van der Waals surface area contributed by atoms with Gasteiger partial charge < -0.3 is 9.13 Å². The minimum Gasteiger partial charge on any atom is -0.309 e. The molecule has 0 bridgehead atoms. The van der Waals surface area contributed by atoms with Crippen LogP contribution in [0.1, 0.15) is 0 Å². The Morgan fingerprint density at radius 2 is 0.919 bits per heavy atom. The third-order valence-corrected chi connectivity index (χ3v) is 12.7. The van der Waals surface area contributed by atoms with Gasteiger partial charge in [0.05, 0.1) is 39.1 Å². The van der Waals surface area contributed by atoms with Crippen LogP contribution in [0.5, 0.6) is 0 Å². The molecule has 0 fully saturated rings. The van der Waals surface area contributed by atoms with Crippen LogP contribution in [0.3, 0.4) is 0 Å². The quantitative estimate of drug-likeness (QED) is 0.174. The molecule has 3 heterocycles. The van der Waals surface area contributed by atoms with Crippen molar-refractivity contribution in [1.82, 2.24) is 19.1 Å². The lowest BCUT2D eigenvalue weighted by Crippen LogP contribution is -1.98. The van der Waals surface area contributed by atoms with Crippen molar-refractivity contribution in [2.45, 2.75) is 0 Å². The summed E-state index contributed by atoms with van der Waals surface area (Å²) in [5, 5.41) is 12.1. The molecule has 0 spiro atoms. The summed E-state index contributed by atoms with van der Waals surface area (Å²) in [6, 6.07) is 78.6. The van der Waals surface area contributed by atoms with Gasteiger partial charge in [0.25, 0.3) is 0 Å². The maximum Gasteiger partial charge on any atom is 0.161 e. The van der Waals surface area contributed by atoms with Crippen LogP contribution in [0.15, 0.2) is 218 Å². The van der Waals surface area contributed by atoms with Crippen LogP contribution in [-0.2, 0) is 0 Å². The standard InChI is InChI=1S/C58H36N4/c1-3-17-39(18-4-1)50-35-51(40-19-5-2-6-20-40)60-58(59-50)47-26-13-22-41-33-42(30-31-43(41)47)61-53-27-12-11-25-46(53)48-34-49-56(36-55(48)61)62(52-28-14-21-37-15-7-9-23-44(37)52)54-32-29-38-16-8-10-24-45(38)57(49)54/h1-36H. The Bertz CT molecular complexity index is 3850. The fourth-order valence-corrected chi connectivity index (χ4v) is 9.88. The van der Waals surface area contributed by atoms with Crippen LogP contribution in [-0.4, -0.2) is 19.1 Å². The molecule has 288 valence electrons. The maximum absolute atomic E-state index is 5.20. The van der Waals surface area contributed by atoms with Gasteiger partial charge in [0.1, 0.15) is 0 Å². The Balaban J connectivity index is 1.06. The van der Waals surface area contributed by atoms with Gasteiger partial charge in [-0.25, -0.2) is 9.97 Å². The molecule has 0 amide bonds. The minimum atomic E-state index is 0.705. The summed E-state index contributed by atoms with van der Waals surface area (Å²) in [4.78, 5) is 10.4.